The van der Waals surface area contributed by atoms with Gasteiger partial charge in [0.2, 0.25) is 0 Å². The molecule has 0 bridgehead atoms. The fraction of sp³-hybridized carbons (Fsp3) is 0.441. The third-order valence-electron chi connectivity index (χ3n) is 8.40. The van der Waals surface area contributed by atoms with E-state index in [9.17, 15) is 9.59 Å². The molecule has 0 N–H and O–H groups in total. The van der Waals surface area contributed by atoms with E-state index in [1.165, 1.54) is 0 Å². The number of nitrogens with zero attached hydrogens (tertiary/aromatic N) is 5. The Hall–Kier alpha value is -3.71. The van der Waals surface area contributed by atoms with Crippen molar-refractivity contribution >= 4 is 11.9 Å². The fourth-order valence-corrected chi connectivity index (χ4v) is 6.26. The maximum atomic E-state index is 13.8. The van der Waals surface area contributed by atoms with Crippen molar-refractivity contribution in [2.24, 2.45) is 0 Å². The van der Waals surface area contributed by atoms with Crippen molar-refractivity contribution in [2.45, 2.75) is 58.7 Å². The van der Waals surface area contributed by atoms with Gasteiger partial charge in [-0.25, -0.2) is 9.78 Å². The molecule has 0 spiro atoms. The monoisotopic (exact) mass is 553 g/mol. The van der Waals surface area contributed by atoms with Crippen LogP contribution in [0.2, 0.25) is 0 Å². The minimum atomic E-state index is 0.0595. The first kappa shape index (κ1) is 28.8. The number of pyridine rings is 1. The zero-order valence-corrected chi connectivity index (χ0v) is 24.9. The van der Waals surface area contributed by atoms with E-state index in [1.807, 2.05) is 87.5 Å². The van der Waals surface area contributed by atoms with Crippen LogP contribution in [0.15, 0.2) is 72.8 Å². The normalized spacial score (nSPS) is 16.8. The standard InChI is InChI=1S/C34H43N5O2/c1-25(2)39(26(3)4)34(41)38-17-15-30(16-18-38)36-19-21-37(22-20-36)33(40)29-23-31(27-11-7-5-8-12-27)35-32(24-29)28-13-9-6-10-14-28/h5-14,23-26,30H,15-22H2,1-4H3. The van der Waals surface area contributed by atoms with Crippen molar-refractivity contribution in [1.29, 1.82) is 0 Å². The van der Waals surface area contributed by atoms with Gasteiger partial charge >= 0.3 is 6.03 Å². The molecule has 2 aliphatic rings. The molecule has 41 heavy (non-hydrogen) atoms. The first-order chi connectivity index (χ1) is 19.8. The van der Waals surface area contributed by atoms with Gasteiger partial charge in [-0.05, 0) is 52.7 Å². The molecule has 0 radical (unpaired) electrons. The van der Waals surface area contributed by atoms with Crippen LogP contribution in [0.1, 0.15) is 50.9 Å². The molecule has 216 valence electrons. The topological polar surface area (TPSA) is 60.0 Å². The van der Waals surface area contributed by atoms with Gasteiger partial charge < -0.3 is 14.7 Å². The van der Waals surface area contributed by atoms with Crippen LogP contribution in [-0.2, 0) is 0 Å². The summed E-state index contributed by atoms with van der Waals surface area (Å²) in [5.41, 5.74) is 4.29. The molecule has 0 atom stereocenters. The number of urea groups is 1. The highest BCUT2D eigenvalue weighted by Gasteiger charge is 2.33. The molecule has 0 unspecified atom stereocenters. The summed E-state index contributed by atoms with van der Waals surface area (Å²) < 4.78 is 0. The minimum absolute atomic E-state index is 0.0595. The molecule has 3 amide bonds. The van der Waals surface area contributed by atoms with Crippen LogP contribution in [0.5, 0.6) is 0 Å². The Balaban J connectivity index is 1.23. The highest BCUT2D eigenvalue weighted by Crippen LogP contribution is 2.27. The van der Waals surface area contributed by atoms with Gasteiger partial charge in [-0.3, -0.25) is 9.69 Å². The average molecular weight is 554 g/mol. The molecular formula is C34H43N5O2. The van der Waals surface area contributed by atoms with Gasteiger partial charge in [0.15, 0.2) is 0 Å². The van der Waals surface area contributed by atoms with Crippen molar-refractivity contribution in [1.82, 2.24) is 24.6 Å². The number of amides is 3. The average Bonchev–Trinajstić information content (AvgIpc) is 3.01. The lowest BCUT2D eigenvalue weighted by molar-refractivity contribution is 0.0445. The Labute approximate surface area is 244 Å². The van der Waals surface area contributed by atoms with Gasteiger partial charge in [0.05, 0.1) is 11.4 Å². The molecule has 2 aromatic carbocycles. The summed E-state index contributed by atoms with van der Waals surface area (Å²) in [5.74, 6) is 0.0595. The Morgan fingerprint density at radius 1 is 0.707 bits per heavy atom. The molecule has 3 heterocycles. The predicted octanol–water partition coefficient (Wildman–Crippen LogP) is 5.88. The van der Waals surface area contributed by atoms with E-state index < -0.39 is 0 Å². The van der Waals surface area contributed by atoms with E-state index in [2.05, 4.69) is 32.6 Å². The molecule has 2 aliphatic heterocycles. The predicted molar refractivity (Wildman–Crippen MR) is 165 cm³/mol. The number of benzene rings is 2. The second kappa shape index (κ2) is 12.9. The lowest BCUT2D eigenvalue weighted by atomic mass is 10.0. The van der Waals surface area contributed by atoms with Crippen molar-refractivity contribution in [3.8, 4) is 22.5 Å². The molecule has 2 saturated heterocycles. The second-order valence-electron chi connectivity index (χ2n) is 11.8. The smallest absolute Gasteiger partial charge is 0.320 e. The summed E-state index contributed by atoms with van der Waals surface area (Å²) in [4.78, 5) is 40.3. The van der Waals surface area contributed by atoms with E-state index in [1.54, 1.807) is 0 Å². The molecule has 5 rings (SSSR count). The Morgan fingerprint density at radius 2 is 1.20 bits per heavy atom. The van der Waals surface area contributed by atoms with Crippen molar-refractivity contribution < 1.29 is 9.59 Å². The van der Waals surface area contributed by atoms with E-state index in [-0.39, 0.29) is 24.0 Å². The van der Waals surface area contributed by atoms with Crippen molar-refractivity contribution in [2.75, 3.05) is 39.3 Å². The van der Waals surface area contributed by atoms with Gasteiger partial charge in [0.1, 0.15) is 0 Å². The number of carbonyl (C=O) groups is 2. The van der Waals surface area contributed by atoms with Crippen LogP contribution >= 0.6 is 0 Å². The highest BCUT2D eigenvalue weighted by atomic mass is 16.2. The third-order valence-corrected chi connectivity index (χ3v) is 8.40. The molecule has 0 saturated carbocycles. The molecule has 7 nitrogen and oxygen atoms in total. The van der Waals surface area contributed by atoms with Crippen LogP contribution < -0.4 is 0 Å². The zero-order chi connectivity index (χ0) is 28.9. The minimum Gasteiger partial charge on any atom is -0.336 e. The van der Waals surface area contributed by atoms with Gasteiger partial charge in [0.25, 0.3) is 5.91 Å². The van der Waals surface area contributed by atoms with Crippen molar-refractivity contribution in [3.63, 3.8) is 0 Å². The Kier molecular flexibility index (Phi) is 9.03. The SMILES string of the molecule is CC(C)N(C(=O)N1CCC(N2CCN(C(=O)c3cc(-c4ccccc4)nc(-c4ccccc4)c3)CC2)CC1)C(C)C. The van der Waals surface area contributed by atoms with Gasteiger partial charge in [0, 0.05) is 74.1 Å². The summed E-state index contributed by atoms with van der Waals surface area (Å²) in [6.45, 7) is 13.1. The maximum absolute atomic E-state index is 13.8. The molecular weight excluding hydrogens is 510 g/mol. The van der Waals surface area contributed by atoms with E-state index in [4.69, 9.17) is 4.98 Å². The number of aromatic nitrogens is 1. The lowest BCUT2D eigenvalue weighted by Crippen LogP contribution is -2.56. The first-order valence-corrected chi connectivity index (χ1v) is 15.1. The number of carbonyl (C=O) groups excluding carboxylic acids is 2. The summed E-state index contributed by atoms with van der Waals surface area (Å²) >= 11 is 0. The van der Waals surface area contributed by atoms with Gasteiger partial charge in [-0.15, -0.1) is 0 Å². The summed E-state index contributed by atoms with van der Waals surface area (Å²) in [7, 11) is 0. The second-order valence-corrected chi connectivity index (χ2v) is 11.8. The summed E-state index contributed by atoms with van der Waals surface area (Å²) in [6.07, 6.45) is 1.96. The van der Waals surface area contributed by atoms with Crippen molar-refractivity contribution in [3.05, 3.63) is 78.4 Å². The Bertz CT molecular complexity index is 1250. The first-order valence-electron chi connectivity index (χ1n) is 15.1. The van der Waals surface area contributed by atoms with Crippen LogP contribution in [0.25, 0.3) is 22.5 Å². The van der Waals surface area contributed by atoms with Crippen LogP contribution in [0, 0.1) is 0 Å². The zero-order valence-electron chi connectivity index (χ0n) is 24.9. The Morgan fingerprint density at radius 3 is 1.66 bits per heavy atom. The molecule has 7 heteroatoms. The summed E-state index contributed by atoms with van der Waals surface area (Å²) in [5, 5.41) is 0. The number of rotatable bonds is 6. The van der Waals surface area contributed by atoms with Gasteiger partial charge in [-0.2, -0.15) is 0 Å². The molecule has 1 aromatic heterocycles. The number of hydrogen-bond acceptors (Lipinski definition) is 4. The third kappa shape index (κ3) is 6.62. The highest BCUT2D eigenvalue weighted by molar-refractivity contribution is 5.96. The van der Waals surface area contributed by atoms with Gasteiger partial charge in [-0.1, -0.05) is 60.7 Å². The van der Waals surface area contributed by atoms with Crippen LogP contribution in [-0.4, -0.2) is 93.9 Å². The lowest BCUT2D eigenvalue weighted by Gasteiger charge is -2.44. The number of piperazine rings is 1. The van der Waals surface area contributed by atoms with Crippen LogP contribution in [0.3, 0.4) is 0 Å². The summed E-state index contributed by atoms with van der Waals surface area (Å²) in [6, 6.07) is 25.0. The maximum Gasteiger partial charge on any atom is 0.320 e. The number of hydrogen-bond donors (Lipinski definition) is 0. The number of likely N-dealkylation sites (tertiary alicyclic amines) is 1. The molecule has 2 fully saturated rings. The quantitative estimate of drug-likeness (QED) is 0.383. The number of piperidine rings is 1. The van der Waals surface area contributed by atoms with E-state index in [0.29, 0.717) is 24.7 Å². The van der Waals surface area contributed by atoms with E-state index in [0.717, 1.165) is 61.5 Å². The molecule has 3 aromatic rings. The molecule has 0 aliphatic carbocycles. The fourth-order valence-electron chi connectivity index (χ4n) is 6.26. The largest absolute Gasteiger partial charge is 0.336 e. The van der Waals surface area contributed by atoms with E-state index >= 15 is 0 Å². The van der Waals surface area contributed by atoms with Crippen LogP contribution in [0.4, 0.5) is 4.79 Å².